The van der Waals surface area contributed by atoms with Crippen LogP contribution in [0.1, 0.15) is 0 Å². The number of urea groups is 1. The number of benzene rings is 1. The fourth-order valence-corrected chi connectivity index (χ4v) is 1.06. The van der Waals surface area contributed by atoms with Gasteiger partial charge in [-0.05, 0) is 24.3 Å². The second-order valence-corrected chi connectivity index (χ2v) is 3.34. The van der Waals surface area contributed by atoms with E-state index in [0.29, 0.717) is 23.9 Å². The number of hydroxylamine groups is 1. The van der Waals surface area contributed by atoms with Gasteiger partial charge in [0.15, 0.2) is 0 Å². The van der Waals surface area contributed by atoms with Gasteiger partial charge in [-0.2, -0.15) is 0 Å². The highest BCUT2D eigenvalue weighted by Crippen LogP contribution is 2.12. The number of amides is 2. The van der Waals surface area contributed by atoms with Crippen LogP contribution in [0.5, 0.6) is 0 Å². The lowest BCUT2D eigenvalue weighted by Crippen LogP contribution is -2.29. The first-order valence-electron chi connectivity index (χ1n) is 4.65. The molecular weight excluding hydrogens is 232 g/mol. The highest BCUT2D eigenvalue weighted by Gasteiger charge is 2.00. The van der Waals surface area contributed by atoms with Gasteiger partial charge < -0.3 is 10.1 Å². The molecule has 0 saturated carbocycles. The quantitative estimate of drug-likeness (QED) is 0.616. The van der Waals surface area contributed by atoms with Gasteiger partial charge in [0.1, 0.15) is 0 Å². The highest BCUT2D eigenvalue weighted by molar-refractivity contribution is 6.30. The molecule has 0 aliphatic carbocycles. The lowest BCUT2D eigenvalue weighted by molar-refractivity contribution is 0.0272. The molecule has 88 valence electrons. The van der Waals surface area contributed by atoms with Gasteiger partial charge in [0.05, 0.1) is 13.2 Å². The van der Waals surface area contributed by atoms with E-state index in [9.17, 15) is 4.79 Å². The molecule has 0 fully saturated rings. The first kappa shape index (κ1) is 12.8. The smallest absolute Gasteiger partial charge is 0.343 e. The van der Waals surface area contributed by atoms with E-state index in [0.717, 1.165) is 0 Å². The molecule has 0 spiro atoms. The van der Waals surface area contributed by atoms with Crippen molar-refractivity contribution in [1.82, 2.24) is 5.48 Å². The van der Waals surface area contributed by atoms with Crippen LogP contribution in [-0.2, 0) is 9.57 Å². The normalized spacial score (nSPS) is 9.88. The Bertz CT molecular complexity index is 329. The number of hydrogen-bond acceptors (Lipinski definition) is 3. The number of rotatable bonds is 5. The molecule has 5 nitrogen and oxygen atoms in total. The van der Waals surface area contributed by atoms with E-state index in [1.807, 2.05) is 0 Å². The Kier molecular flexibility index (Phi) is 5.63. The summed E-state index contributed by atoms with van der Waals surface area (Å²) < 4.78 is 4.74. The molecule has 1 rings (SSSR count). The maximum atomic E-state index is 11.2. The van der Waals surface area contributed by atoms with Gasteiger partial charge in [-0.3, -0.25) is 4.84 Å². The fourth-order valence-electron chi connectivity index (χ4n) is 0.931. The molecule has 16 heavy (non-hydrogen) atoms. The number of halogens is 1. The van der Waals surface area contributed by atoms with Gasteiger partial charge in [0.2, 0.25) is 0 Å². The van der Waals surface area contributed by atoms with E-state index in [-0.39, 0.29) is 0 Å². The van der Waals surface area contributed by atoms with Crippen LogP contribution in [0.15, 0.2) is 24.3 Å². The Morgan fingerprint density at radius 2 is 2.00 bits per heavy atom. The van der Waals surface area contributed by atoms with Crippen molar-refractivity contribution in [3.8, 4) is 0 Å². The molecule has 0 radical (unpaired) electrons. The summed E-state index contributed by atoms with van der Waals surface area (Å²) in [4.78, 5) is 16.1. The Hall–Kier alpha value is -1.30. The third kappa shape index (κ3) is 4.97. The summed E-state index contributed by atoms with van der Waals surface area (Å²) in [7, 11) is 1.55. The van der Waals surface area contributed by atoms with Crippen molar-refractivity contribution < 1.29 is 14.4 Å². The summed E-state index contributed by atoms with van der Waals surface area (Å²) in [6.45, 7) is 0.714. The maximum absolute atomic E-state index is 11.2. The van der Waals surface area contributed by atoms with Crippen LogP contribution >= 0.6 is 11.6 Å². The number of methoxy groups -OCH3 is 1. The average molecular weight is 245 g/mol. The van der Waals surface area contributed by atoms with E-state index in [1.165, 1.54) is 0 Å². The number of carbonyl (C=O) groups excluding carboxylic acids is 1. The summed E-state index contributed by atoms with van der Waals surface area (Å²) in [6.07, 6.45) is 0. The van der Waals surface area contributed by atoms with E-state index in [1.54, 1.807) is 31.4 Å². The standard InChI is InChI=1S/C10H13ClN2O3/c1-15-6-7-16-13-10(14)12-9-4-2-8(11)3-5-9/h2-5H,6-7H2,1H3,(H2,12,13,14). The van der Waals surface area contributed by atoms with Crippen LogP contribution < -0.4 is 10.8 Å². The number of carbonyl (C=O) groups is 1. The predicted octanol–water partition coefficient (Wildman–Crippen LogP) is 2.04. The van der Waals surface area contributed by atoms with Gasteiger partial charge in [-0.25, -0.2) is 10.3 Å². The van der Waals surface area contributed by atoms with E-state index < -0.39 is 6.03 Å². The van der Waals surface area contributed by atoms with E-state index in [2.05, 4.69) is 10.8 Å². The molecule has 0 saturated heterocycles. The minimum atomic E-state index is -0.446. The second-order valence-electron chi connectivity index (χ2n) is 2.90. The van der Waals surface area contributed by atoms with Crippen molar-refractivity contribution in [2.24, 2.45) is 0 Å². The minimum Gasteiger partial charge on any atom is -0.382 e. The molecule has 2 amide bonds. The van der Waals surface area contributed by atoms with Gasteiger partial charge >= 0.3 is 6.03 Å². The molecular formula is C10H13ClN2O3. The van der Waals surface area contributed by atoms with Gasteiger partial charge in [0.25, 0.3) is 0 Å². The minimum absolute atomic E-state index is 0.296. The van der Waals surface area contributed by atoms with Crippen LogP contribution in [0.25, 0.3) is 0 Å². The third-order valence-corrected chi connectivity index (χ3v) is 1.91. The molecule has 0 atom stereocenters. The Morgan fingerprint density at radius 3 is 2.62 bits per heavy atom. The average Bonchev–Trinajstić information content (AvgIpc) is 2.28. The predicted molar refractivity (Wildman–Crippen MR) is 61.4 cm³/mol. The maximum Gasteiger partial charge on any atom is 0.343 e. The summed E-state index contributed by atoms with van der Waals surface area (Å²) in [5.74, 6) is 0. The lowest BCUT2D eigenvalue weighted by Gasteiger charge is -2.07. The molecule has 0 aliphatic heterocycles. The molecule has 0 aliphatic rings. The highest BCUT2D eigenvalue weighted by atomic mass is 35.5. The van der Waals surface area contributed by atoms with Crippen molar-refractivity contribution >= 4 is 23.3 Å². The summed E-state index contributed by atoms with van der Waals surface area (Å²) in [6, 6.07) is 6.30. The molecule has 0 aromatic heterocycles. The molecule has 2 N–H and O–H groups in total. The summed E-state index contributed by atoms with van der Waals surface area (Å²) in [5, 5.41) is 3.18. The third-order valence-electron chi connectivity index (χ3n) is 1.66. The Balaban J connectivity index is 2.26. The van der Waals surface area contributed by atoms with Crippen molar-refractivity contribution in [3.05, 3.63) is 29.3 Å². The lowest BCUT2D eigenvalue weighted by atomic mass is 10.3. The van der Waals surface area contributed by atoms with Gasteiger partial charge in [-0.15, -0.1) is 0 Å². The molecule has 1 aromatic rings. The largest absolute Gasteiger partial charge is 0.382 e. The van der Waals surface area contributed by atoms with Crippen LogP contribution in [0, 0.1) is 0 Å². The molecule has 6 heteroatoms. The zero-order chi connectivity index (χ0) is 11.8. The monoisotopic (exact) mass is 244 g/mol. The molecule has 1 aromatic carbocycles. The zero-order valence-corrected chi connectivity index (χ0v) is 9.58. The number of hydrogen-bond donors (Lipinski definition) is 2. The summed E-state index contributed by atoms with van der Waals surface area (Å²) in [5.41, 5.74) is 2.85. The molecule has 0 bridgehead atoms. The topological polar surface area (TPSA) is 59.6 Å². The number of nitrogens with one attached hydrogen (secondary N) is 2. The van der Waals surface area contributed by atoms with Crippen LogP contribution in [0.4, 0.5) is 10.5 Å². The second kappa shape index (κ2) is 7.05. The van der Waals surface area contributed by atoms with Crippen LogP contribution in [0.2, 0.25) is 5.02 Å². The van der Waals surface area contributed by atoms with Gasteiger partial charge in [-0.1, -0.05) is 11.6 Å². The molecule has 0 heterocycles. The van der Waals surface area contributed by atoms with E-state index in [4.69, 9.17) is 21.2 Å². The Morgan fingerprint density at radius 1 is 1.31 bits per heavy atom. The van der Waals surface area contributed by atoms with E-state index >= 15 is 0 Å². The van der Waals surface area contributed by atoms with Crippen LogP contribution in [0.3, 0.4) is 0 Å². The zero-order valence-electron chi connectivity index (χ0n) is 8.83. The number of anilines is 1. The van der Waals surface area contributed by atoms with Crippen LogP contribution in [-0.4, -0.2) is 26.4 Å². The summed E-state index contributed by atoms with van der Waals surface area (Å²) >= 11 is 5.70. The first-order chi connectivity index (χ1) is 7.72. The van der Waals surface area contributed by atoms with Crippen molar-refractivity contribution in [1.29, 1.82) is 0 Å². The fraction of sp³-hybridized carbons (Fsp3) is 0.300. The van der Waals surface area contributed by atoms with Crippen molar-refractivity contribution in [3.63, 3.8) is 0 Å². The van der Waals surface area contributed by atoms with Crippen molar-refractivity contribution in [2.75, 3.05) is 25.6 Å². The first-order valence-corrected chi connectivity index (χ1v) is 5.03. The van der Waals surface area contributed by atoms with Crippen molar-refractivity contribution in [2.45, 2.75) is 0 Å². The number of ether oxygens (including phenoxy) is 1. The Labute approximate surface area is 98.6 Å². The SMILES string of the molecule is COCCONC(=O)Nc1ccc(Cl)cc1. The molecule has 0 unspecified atom stereocenters. The van der Waals surface area contributed by atoms with Gasteiger partial charge in [0, 0.05) is 17.8 Å².